The highest BCUT2D eigenvalue weighted by atomic mass is 14.5. The molecule has 0 aliphatic carbocycles. The van der Waals surface area contributed by atoms with Crippen LogP contribution < -0.4 is 11.5 Å². The number of nitrogens with two attached hydrogens (primary N) is 2. The zero-order valence-corrected chi connectivity index (χ0v) is 7.59. The molecule has 0 saturated carbocycles. The molecule has 0 atom stereocenters. The summed E-state index contributed by atoms with van der Waals surface area (Å²) in [5.41, 5.74) is 13.0. The maximum atomic E-state index is 5.49. The van der Waals surface area contributed by atoms with Gasteiger partial charge in [0, 0.05) is 5.56 Å². The molecule has 2 nitrogen and oxygen atoms in total. The van der Waals surface area contributed by atoms with Crippen LogP contribution in [-0.4, -0.2) is 13.1 Å². The van der Waals surface area contributed by atoms with Crippen LogP contribution in [0.5, 0.6) is 0 Å². The van der Waals surface area contributed by atoms with E-state index in [2.05, 4.69) is 11.8 Å². The molecule has 2 heteroatoms. The Morgan fingerprint density at radius 1 is 1.15 bits per heavy atom. The minimum atomic E-state index is 0.400. The van der Waals surface area contributed by atoms with Gasteiger partial charge in [0.25, 0.3) is 0 Å². The lowest BCUT2D eigenvalue weighted by atomic mass is 10.1. The second-order valence-corrected chi connectivity index (χ2v) is 2.70. The van der Waals surface area contributed by atoms with E-state index in [4.69, 9.17) is 11.5 Å². The molecule has 1 rings (SSSR count). The topological polar surface area (TPSA) is 52.0 Å². The summed E-state index contributed by atoms with van der Waals surface area (Å²) < 4.78 is 0. The first-order valence-corrected chi connectivity index (χ1v) is 4.35. The van der Waals surface area contributed by atoms with Gasteiger partial charge in [0.2, 0.25) is 0 Å². The summed E-state index contributed by atoms with van der Waals surface area (Å²) in [6.07, 6.45) is 0.870. The second-order valence-electron chi connectivity index (χ2n) is 2.70. The van der Waals surface area contributed by atoms with Crippen molar-refractivity contribution in [1.82, 2.24) is 0 Å². The molecule has 0 spiro atoms. The monoisotopic (exact) mass is 174 g/mol. The third kappa shape index (κ3) is 2.90. The van der Waals surface area contributed by atoms with Crippen molar-refractivity contribution < 1.29 is 0 Å². The van der Waals surface area contributed by atoms with Crippen molar-refractivity contribution in [1.29, 1.82) is 0 Å². The van der Waals surface area contributed by atoms with E-state index in [1.54, 1.807) is 0 Å². The van der Waals surface area contributed by atoms with Gasteiger partial charge in [-0.15, -0.1) is 0 Å². The lowest BCUT2D eigenvalue weighted by molar-refractivity contribution is 0.965. The van der Waals surface area contributed by atoms with Gasteiger partial charge in [0.05, 0.1) is 6.54 Å². The van der Waals surface area contributed by atoms with E-state index < -0.39 is 0 Å². The van der Waals surface area contributed by atoms with Gasteiger partial charge in [-0.3, -0.25) is 0 Å². The SMILES string of the molecule is NCC#Cc1ccccc1CCN. The molecule has 0 unspecified atom stereocenters. The fourth-order valence-corrected chi connectivity index (χ4v) is 1.16. The van der Waals surface area contributed by atoms with E-state index in [-0.39, 0.29) is 0 Å². The van der Waals surface area contributed by atoms with E-state index >= 15 is 0 Å². The van der Waals surface area contributed by atoms with Crippen molar-refractivity contribution in [3.8, 4) is 11.8 Å². The van der Waals surface area contributed by atoms with E-state index in [1.165, 1.54) is 5.56 Å². The number of benzene rings is 1. The normalized spacial score (nSPS) is 9.08. The molecule has 68 valence electrons. The van der Waals surface area contributed by atoms with Gasteiger partial charge in [0.1, 0.15) is 0 Å². The van der Waals surface area contributed by atoms with Crippen LogP contribution in [0, 0.1) is 11.8 Å². The van der Waals surface area contributed by atoms with Crippen LogP contribution in [-0.2, 0) is 6.42 Å². The number of hydrogen-bond donors (Lipinski definition) is 2. The minimum Gasteiger partial charge on any atom is -0.330 e. The average molecular weight is 174 g/mol. The predicted octanol–water partition coefficient (Wildman–Crippen LogP) is 0.498. The number of hydrogen-bond acceptors (Lipinski definition) is 2. The van der Waals surface area contributed by atoms with E-state index in [1.807, 2.05) is 24.3 Å². The Labute approximate surface area is 78.9 Å². The van der Waals surface area contributed by atoms with Crippen molar-refractivity contribution >= 4 is 0 Å². The summed E-state index contributed by atoms with van der Waals surface area (Å²) in [5, 5.41) is 0. The van der Waals surface area contributed by atoms with Crippen LogP contribution in [0.2, 0.25) is 0 Å². The third-order valence-electron chi connectivity index (χ3n) is 1.76. The van der Waals surface area contributed by atoms with Crippen molar-refractivity contribution in [3.63, 3.8) is 0 Å². The first-order valence-electron chi connectivity index (χ1n) is 4.35. The average Bonchev–Trinajstić information content (AvgIpc) is 2.17. The highest BCUT2D eigenvalue weighted by Crippen LogP contribution is 2.06. The molecule has 0 radical (unpaired) electrons. The summed E-state index contributed by atoms with van der Waals surface area (Å²) in [7, 11) is 0. The van der Waals surface area contributed by atoms with E-state index in [0.29, 0.717) is 13.1 Å². The molecular weight excluding hydrogens is 160 g/mol. The highest BCUT2D eigenvalue weighted by Gasteiger charge is 1.95. The Hall–Kier alpha value is -1.30. The van der Waals surface area contributed by atoms with Crippen LogP contribution in [0.4, 0.5) is 0 Å². The molecule has 1 aromatic carbocycles. The maximum absolute atomic E-state index is 5.49. The van der Waals surface area contributed by atoms with E-state index in [9.17, 15) is 0 Å². The van der Waals surface area contributed by atoms with Crippen LogP contribution in [0.3, 0.4) is 0 Å². The fraction of sp³-hybridized carbons (Fsp3) is 0.273. The first-order chi connectivity index (χ1) is 6.38. The van der Waals surface area contributed by atoms with Crippen molar-refractivity contribution in [2.45, 2.75) is 6.42 Å². The quantitative estimate of drug-likeness (QED) is 0.641. The molecular formula is C11H14N2. The Morgan fingerprint density at radius 2 is 1.92 bits per heavy atom. The summed E-state index contributed by atoms with van der Waals surface area (Å²) in [4.78, 5) is 0. The third-order valence-corrected chi connectivity index (χ3v) is 1.76. The first kappa shape index (κ1) is 9.79. The molecule has 0 aliphatic heterocycles. The van der Waals surface area contributed by atoms with Gasteiger partial charge >= 0.3 is 0 Å². The van der Waals surface area contributed by atoms with Crippen LogP contribution in [0.1, 0.15) is 11.1 Å². The van der Waals surface area contributed by atoms with Gasteiger partial charge < -0.3 is 11.5 Å². The molecule has 0 fully saturated rings. The zero-order valence-electron chi connectivity index (χ0n) is 7.59. The van der Waals surface area contributed by atoms with Crippen molar-refractivity contribution in [3.05, 3.63) is 35.4 Å². The molecule has 0 aliphatic rings. The lowest BCUT2D eigenvalue weighted by Crippen LogP contribution is -2.04. The predicted molar refractivity (Wildman–Crippen MR) is 55.1 cm³/mol. The van der Waals surface area contributed by atoms with Crippen LogP contribution in [0.25, 0.3) is 0 Å². The van der Waals surface area contributed by atoms with Gasteiger partial charge in [-0.1, -0.05) is 30.0 Å². The van der Waals surface area contributed by atoms with Crippen LogP contribution in [0.15, 0.2) is 24.3 Å². The Bertz CT molecular complexity index is 320. The standard InChI is InChI=1S/C11H14N2/c12-8-3-6-10-4-1-2-5-11(10)7-9-13/h1-2,4-5H,7-9,12-13H2. The summed E-state index contributed by atoms with van der Waals surface area (Å²) in [6, 6.07) is 8.01. The van der Waals surface area contributed by atoms with Crippen molar-refractivity contribution in [2.24, 2.45) is 11.5 Å². The molecule has 1 aromatic rings. The maximum Gasteiger partial charge on any atom is 0.0555 e. The molecule has 0 aromatic heterocycles. The van der Waals surface area contributed by atoms with Crippen molar-refractivity contribution in [2.75, 3.05) is 13.1 Å². The molecule has 0 saturated heterocycles. The molecule has 4 N–H and O–H groups in total. The Balaban J connectivity index is 2.90. The number of rotatable bonds is 2. The Kier molecular flexibility index (Phi) is 4.04. The minimum absolute atomic E-state index is 0.400. The summed E-state index contributed by atoms with van der Waals surface area (Å²) >= 11 is 0. The largest absolute Gasteiger partial charge is 0.330 e. The lowest BCUT2D eigenvalue weighted by Gasteiger charge is -2.00. The molecule has 0 bridgehead atoms. The highest BCUT2D eigenvalue weighted by molar-refractivity contribution is 5.41. The van der Waals surface area contributed by atoms with Gasteiger partial charge in [-0.2, -0.15) is 0 Å². The van der Waals surface area contributed by atoms with Gasteiger partial charge in [-0.25, -0.2) is 0 Å². The zero-order chi connectivity index (χ0) is 9.52. The molecule has 13 heavy (non-hydrogen) atoms. The smallest absolute Gasteiger partial charge is 0.0555 e. The van der Waals surface area contributed by atoms with Crippen LogP contribution >= 0.6 is 0 Å². The molecule has 0 heterocycles. The van der Waals surface area contributed by atoms with Gasteiger partial charge in [-0.05, 0) is 24.6 Å². The molecule has 0 amide bonds. The fourth-order valence-electron chi connectivity index (χ4n) is 1.16. The van der Waals surface area contributed by atoms with Gasteiger partial charge in [0.15, 0.2) is 0 Å². The Morgan fingerprint density at radius 3 is 2.62 bits per heavy atom. The summed E-state index contributed by atoms with van der Waals surface area (Å²) in [6.45, 7) is 1.05. The summed E-state index contributed by atoms with van der Waals surface area (Å²) in [5.74, 6) is 5.87. The second kappa shape index (κ2) is 5.36. The van der Waals surface area contributed by atoms with E-state index in [0.717, 1.165) is 12.0 Å².